The molecule has 1 aliphatic rings. The maximum atomic E-state index is 12.3. The Labute approximate surface area is 128 Å². The summed E-state index contributed by atoms with van der Waals surface area (Å²) >= 11 is 8.39. The zero-order valence-electron chi connectivity index (χ0n) is 10.2. The first-order valence-electron chi connectivity index (χ1n) is 5.99. The third-order valence-electron chi connectivity index (χ3n) is 3.22. The predicted octanol–water partition coefficient (Wildman–Crippen LogP) is 3.34. The van der Waals surface area contributed by atoms with Gasteiger partial charge in [0.15, 0.2) is 0 Å². The minimum atomic E-state index is 0.0994. The molecule has 0 unspecified atom stereocenters. The molecular formula is C12H16Br2N2OS. The first kappa shape index (κ1) is 14.5. The fourth-order valence-electron chi connectivity index (χ4n) is 2.23. The highest BCUT2D eigenvalue weighted by atomic mass is 79.9. The fraction of sp³-hybridized carbons (Fsp3) is 0.583. The van der Waals surface area contributed by atoms with Gasteiger partial charge in [0.25, 0.3) is 5.91 Å². The summed E-state index contributed by atoms with van der Waals surface area (Å²) in [5.74, 6) is 0.725. The molecule has 1 fully saturated rings. The lowest BCUT2D eigenvalue weighted by Crippen LogP contribution is -2.37. The van der Waals surface area contributed by atoms with Crippen LogP contribution in [0, 0.1) is 5.92 Å². The molecule has 0 atom stereocenters. The minimum absolute atomic E-state index is 0.0994. The smallest absolute Gasteiger partial charge is 0.255 e. The highest BCUT2D eigenvalue weighted by Crippen LogP contribution is 2.32. The summed E-state index contributed by atoms with van der Waals surface area (Å²) < 4.78 is 1.88. The van der Waals surface area contributed by atoms with E-state index in [2.05, 4.69) is 37.2 Å². The fourth-order valence-corrected chi connectivity index (χ4v) is 5.00. The van der Waals surface area contributed by atoms with Gasteiger partial charge in [-0.3, -0.25) is 4.79 Å². The van der Waals surface area contributed by atoms with Crippen molar-refractivity contribution in [3.8, 4) is 0 Å². The number of nitrogens with one attached hydrogen (secondary N) is 1. The highest BCUT2D eigenvalue weighted by molar-refractivity contribution is 9.12. The molecule has 2 rings (SSSR count). The van der Waals surface area contributed by atoms with Crippen LogP contribution in [0.3, 0.4) is 0 Å². The van der Waals surface area contributed by atoms with Crippen LogP contribution >= 0.6 is 43.2 Å². The van der Waals surface area contributed by atoms with E-state index >= 15 is 0 Å². The van der Waals surface area contributed by atoms with Crippen LogP contribution in [0.2, 0.25) is 0 Å². The van der Waals surface area contributed by atoms with E-state index in [1.54, 1.807) is 0 Å². The number of thiophene rings is 1. The van der Waals surface area contributed by atoms with Crippen molar-refractivity contribution in [1.29, 1.82) is 0 Å². The Morgan fingerprint density at radius 2 is 2.17 bits per heavy atom. The molecule has 1 aromatic heterocycles. The molecule has 100 valence electrons. The molecule has 1 N–H and O–H groups in total. The number of piperidine rings is 1. The lowest BCUT2D eigenvalue weighted by Gasteiger charge is -2.27. The largest absolute Gasteiger partial charge is 0.341 e. The molecule has 6 heteroatoms. The van der Waals surface area contributed by atoms with Gasteiger partial charge in [-0.25, -0.2) is 0 Å². The molecule has 0 radical (unpaired) electrons. The van der Waals surface area contributed by atoms with Crippen molar-refractivity contribution in [2.45, 2.75) is 12.8 Å². The molecule has 0 bridgehead atoms. The van der Waals surface area contributed by atoms with Crippen molar-refractivity contribution < 1.29 is 4.79 Å². The Balaban J connectivity index is 1.97. The van der Waals surface area contributed by atoms with Gasteiger partial charge < -0.3 is 10.2 Å². The van der Waals surface area contributed by atoms with Crippen molar-refractivity contribution in [2.75, 3.05) is 26.7 Å². The Hall–Kier alpha value is 0.0900. The van der Waals surface area contributed by atoms with Crippen molar-refractivity contribution in [2.24, 2.45) is 5.92 Å². The number of rotatable bonds is 3. The molecule has 0 aliphatic carbocycles. The summed E-state index contributed by atoms with van der Waals surface area (Å²) in [7, 11) is 1.89. The second-order valence-electron chi connectivity index (χ2n) is 4.62. The maximum Gasteiger partial charge on any atom is 0.255 e. The van der Waals surface area contributed by atoms with Gasteiger partial charge in [0.1, 0.15) is 0 Å². The summed E-state index contributed by atoms with van der Waals surface area (Å²) in [5.41, 5.74) is 0.753. The molecule has 1 aliphatic heterocycles. The van der Waals surface area contributed by atoms with Crippen molar-refractivity contribution >= 4 is 49.1 Å². The van der Waals surface area contributed by atoms with Gasteiger partial charge in [-0.05, 0) is 69.8 Å². The molecular weight excluding hydrogens is 380 g/mol. The third kappa shape index (κ3) is 3.56. The zero-order chi connectivity index (χ0) is 13.1. The van der Waals surface area contributed by atoms with E-state index < -0.39 is 0 Å². The zero-order valence-corrected chi connectivity index (χ0v) is 14.2. The molecule has 0 saturated carbocycles. The number of carbonyl (C=O) groups is 1. The van der Waals surface area contributed by atoms with Gasteiger partial charge in [-0.1, -0.05) is 0 Å². The van der Waals surface area contributed by atoms with Gasteiger partial charge in [0.05, 0.1) is 13.1 Å². The number of nitrogens with zero attached hydrogens (tertiary/aromatic N) is 1. The average Bonchev–Trinajstić information content (AvgIpc) is 2.68. The standard InChI is InChI=1S/C12H16Br2N2OS/c1-16(7-8-2-4-15-5-3-8)12(17)9-6-10(13)18-11(9)14/h6,8,15H,2-5,7H2,1H3. The second-order valence-corrected chi connectivity index (χ2v) is 8.37. The maximum absolute atomic E-state index is 12.3. The van der Waals surface area contributed by atoms with Crippen LogP contribution in [0.5, 0.6) is 0 Å². The highest BCUT2D eigenvalue weighted by Gasteiger charge is 2.21. The summed E-state index contributed by atoms with van der Waals surface area (Å²) in [6.07, 6.45) is 2.32. The van der Waals surface area contributed by atoms with E-state index in [0.29, 0.717) is 5.92 Å². The van der Waals surface area contributed by atoms with Gasteiger partial charge in [0, 0.05) is 13.6 Å². The van der Waals surface area contributed by atoms with E-state index in [1.165, 1.54) is 11.3 Å². The minimum Gasteiger partial charge on any atom is -0.341 e. The third-order valence-corrected chi connectivity index (χ3v) is 5.56. The van der Waals surface area contributed by atoms with Crippen LogP contribution < -0.4 is 5.32 Å². The number of hydrogen-bond donors (Lipinski definition) is 1. The van der Waals surface area contributed by atoms with E-state index in [9.17, 15) is 4.79 Å². The molecule has 0 spiro atoms. The molecule has 2 heterocycles. The van der Waals surface area contributed by atoms with Gasteiger partial charge in [0.2, 0.25) is 0 Å². The van der Waals surface area contributed by atoms with Crippen molar-refractivity contribution in [3.05, 3.63) is 19.2 Å². The summed E-state index contributed by atoms with van der Waals surface area (Å²) in [4.78, 5) is 14.2. The SMILES string of the molecule is CN(CC1CCNCC1)C(=O)c1cc(Br)sc1Br. The summed E-state index contributed by atoms with van der Waals surface area (Å²) in [6.45, 7) is 2.99. The van der Waals surface area contributed by atoms with Gasteiger partial charge >= 0.3 is 0 Å². The second kappa shape index (κ2) is 6.50. The predicted molar refractivity (Wildman–Crippen MR) is 82.3 cm³/mol. The van der Waals surface area contributed by atoms with Crippen LogP contribution in [-0.2, 0) is 0 Å². The molecule has 1 saturated heterocycles. The average molecular weight is 396 g/mol. The Morgan fingerprint density at radius 1 is 1.50 bits per heavy atom. The Kier molecular flexibility index (Phi) is 5.24. The quantitative estimate of drug-likeness (QED) is 0.850. The first-order valence-corrected chi connectivity index (χ1v) is 8.39. The van der Waals surface area contributed by atoms with Gasteiger partial charge in [-0.2, -0.15) is 0 Å². The topological polar surface area (TPSA) is 32.3 Å². The van der Waals surface area contributed by atoms with Crippen LogP contribution in [0.15, 0.2) is 13.6 Å². The lowest BCUT2D eigenvalue weighted by molar-refractivity contribution is 0.0762. The number of halogens is 2. The Morgan fingerprint density at radius 3 is 2.72 bits per heavy atom. The van der Waals surface area contributed by atoms with E-state index in [1.807, 2.05) is 18.0 Å². The van der Waals surface area contributed by atoms with Crippen LogP contribution in [0.25, 0.3) is 0 Å². The monoisotopic (exact) mass is 394 g/mol. The molecule has 18 heavy (non-hydrogen) atoms. The van der Waals surface area contributed by atoms with Crippen LogP contribution in [-0.4, -0.2) is 37.5 Å². The van der Waals surface area contributed by atoms with Crippen LogP contribution in [0.4, 0.5) is 0 Å². The summed E-state index contributed by atoms with van der Waals surface area (Å²) in [6, 6.07) is 1.88. The van der Waals surface area contributed by atoms with E-state index in [-0.39, 0.29) is 5.91 Å². The number of carbonyl (C=O) groups excluding carboxylic acids is 1. The van der Waals surface area contributed by atoms with Gasteiger partial charge in [-0.15, -0.1) is 11.3 Å². The summed E-state index contributed by atoms with van der Waals surface area (Å²) in [5, 5.41) is 3.35. The molecule has 3 nitrogen and oxygen atoms in total. The number of hydrogen-bond acceptors (Lipinski definition) is 3. The number of amides is 1. The van der Waals surface area contributed by atoms with E-state index in [4.69, 9.17) is 0 Å². The first-order chi connectivity index (χ1) is 8.58. The normalized spacial score (nSPS) is 16.8. The van der Waals surface area contributed by atoms with Crippen LogP contribution in [0.1, 0.15) is 23.2 Å². The molecule has 0 aromatic carbocycles. The van der Waals surface area contributed by atoms with Crippen molar-refractivity contribution in [3.63, 3.8) is 0 Å². The Bertz CT molecular complexity index is 430. The van der Waals surface area contributed by atoms with Crippen molar-refractivity contribution in [1.82, 2.24) is 10.2 Å². The molecule has 1 amide bonds. The molecule has 1 aromatic rings. The van der Waals surface area contributed by atoms with E-state index in [0.717, 1.165) is 45.6 Å². The lowest BCUT2D eigenvalue weighted by atomic mass is 9.97.